The van der Waals surface area contributed by atoms with Gasteiger partial charge in [-0.1, -0.05) is 77.6 Å². The molecular weight excluding hydrogens is 1170 g/mol. The van der Waals surface area contributed by atoms with Crippen molar-refractivity contribution in [1.82, 2.24) is 40.5 Å². The van der Waals surface area contributed by atoms with Gasteiger partial charge in [-0.25, -0.2) is 35.9 Å². The van der Waals surface area contributed by atoms with Crippen LogP contribution in [0.4, 0.5) is 9.59 Å². The Hall–Kier alpha value is -4.64. The highest BCUT2D eigenvalue weighted by molar-refractivity contribution is 7.93. The monoisotopic (exact) mass is 1240 g/mol. The molecule has 0 bridgehead atoms. The molecule has 0 saturated carbocycles. The van der Waals surface area contributed by atoms with Crippen LogP contribution in [0.15, 0.2) is 86.5 Å². The molecule has 6 rings (SSSR count). The van der Waals surface area contributed by atoms with Crippen molar-refractivity contribution < 1.29 is 45.4 Å². The number of carbonyl (C=O) groups excluding carboxylic acids is 2. The van der Waals surface area contributed by atoms with Crippen molar-refractivity contribution in [3.8, 4) is 0 Å². The highest BCUT2D eigenvalue weighted by atomic mass is 35.5. The number of nitrogens with one attached hydrogen (secondary N) is 6. The Morgan fingerprint density at radius 1 is 0.630 bits per heavy atom. The number of unbranched alkanes of at least 4 members (excludes halogenated alkanes) is 1. The summed E-state index contributed by atoms with van der Waals surface area (Å²) >= 11 is 25.9. The maximum absolute atomic E-state index is 13.5. The fourth-order valence-electron chi connectivity index (χ4n) is 9.81. The molecular formula is C53H74Cl4N12O10S2. The number of primary amides is 2. The van der Waals surface area contributed by atoms with Crippen LogP contribution < -0.4 is 42.2 Å². The van der Waals surface area contributed by atoms with E-state index in [-0.39, 0.29) is 106 Å². The van der Waals surface area contributed by atoms with Crippen molar-refractivity contribution in [2.75, 3.05) is 119 Å². The molecule has 0 fully saturated rings. The zero-order valence-corrected chi connectivity index (χ0v) is 50.3. The third kappa shape index (κ3) is 20.6. The topological polar surface area (TPSA) is 295 Å². The van der Waals surface area contributed by atoms with E-state index < -0.39 is 32.1 Å². The third-order valence-electron chi connectivity index (χ3n) is 13.5. The second kappa shape index (κ2) is 32.4. The van der Waals surface area contributed by atoms with E-state index in [1.165, 1.54) is 0 Å². The van der Waals surface area contributed by atoms with Crippen LogP contribution in [0.3, 0.4) is 0 Å². The number of fused-ring (bicyclic) bond motifs is 2. The van der Waals surface area contributed by atoms with E-state index in [9.17, 15) is 26.4 Å². The number of nitrogens with zero attached hydrogens (tertiary/aromatic N) is 4. The first-order valence-electron chi connectivity index (χ1n) is 26.6. The summed E-state index contributed by atoms with van der Waals surface area (Å²) in [5, 5.41) is 14.3. The number of benzene rings is 3. The second-order valence-corrected chi connectivity index (χ2v) is 24.8. The van der Waals surface area contributed by atoms with Gasteiger partial charge in [0.05, 0.1) is 62.7 Å². The second-order valence-electron chi connectivity index (χ2n) is 19.6. The van der Waals surface area contributed by atoms with Gasteiger partial charge in [0.1, 0.15) is 0 Å². The number of amides is 4. The lowest BCUT2D eigenvalue weighted by atomic mass is 9.73. The van der Waals surface area contributed by atoms with Crippen LogP contribution in [0.2, 0.25) is 20.1 Å². The zero-order chi connectivity index (χ0) is 58.5. The van der Waals surface area contributed by atoms with Gasteiger partial charge in [-0.2, -0.15) is 9.98 Å². The lowest BCUT2D eigenvalue weighted by Gasteiger charge is -2.40. The highest BCUT2D eigenvalue weighted by Gasteiger charge is 2.38. The van der Waals surface area contributed by atoms with Crippen LogP contribution in [-0.2, 0) is 52.1 Å². The molecule has 0 saturated heterocycles. The predicted octanol–water partition coefficient (Wildman–Crippen LogP) is 5.08. The SMILES string of the molecule is CC1C(S(=O)(=O)NCCOCCOCCN/C(=N\C(N)=O)NCCCCN/C(=N/C(N)=O)NCCOCCOCCNS(=O)(=O)c2cccc([C@@H]3CN(C)Cc4c(Cl)cc(Cl)cc43)c2)=CC=CC1[C@@H]1CN(C)Cc2c(Cl)cc(Cl)cc21. The van der Waals surface area contributed by atoms with E-state index in [0.29, 0.717) is 83.7 Å². The molecule has 3 aromatic rings. The number of aliphatic imine (C=N–C) groups is 2. The number of ether oxygens (including phenoxy) is 4. The quantitative estimate of drug-likeness (QED) is 0.0255. The van der Waals surface area contributed by atoms with Gasteiger partial charge in [-0.3, -0.25) is 0 Å². The minimum absolute atomic E-state index is 0.00448. The fraction of sp³-hybridized carbons (Fsp3) is 0.509. The van der Waals surface area contributed by atoms with Crippen molar-refractivity contribution >= 4 is 90.4 Å². The molecule has 0 spiro atoms. The fourth-order valence-corrected chi connectivity index (χ4v) is 13.4. The molecule has 22 nitrogen and oxygen atoms in total. The number of nitrogens with two attached hydrogens (primary N) is 2. The number of sulfonamides is 2. The van der Waals surface area contributed by atoms with Crippen molar-refractivity contribution in [1.29, 1.82) is 0 Å². The first-order valence-corrected chi connectivity index (χ1v) is 31.0. The lowest BCUT2D eigenvalue weighted by molar-refractivity contribution is 0.0520. The largest absolute Gasteiger partial charge is 0.378 e. The van der Waals surface area contributed by atoms with Gasteiger partial charge in [0.25, 0.3) is 0 Å². The summed E-state index contributed by atoms with van der Waals surface area (Å²) in [6, 6.07) is 12.4. The number of hydrogen-bond acceptors (Lipinski definition) is 12. The van der Waals surface area contributed by atoms with Gasteiger partial charge in [0, 0.05) is 103 Å². The predicted molar refractivity (Wildman–Crippen MR) is 317 cm³/mol. The maximum Gasteiger partial charge on any atom is 0.341 e. The molecule has 0 radical (unpaired) electrons. The number of allylic oxidation sites excluding steroid dienone is 4. The Labute approximate surface area is 495 Å². The molecule has 10 N–H and O–H groups in total. The molecule has 3 aliphatic rings. The molecule has 4 amide bonds. The Bertz CT molecular complexity index is 2980. The first kappa shape index (κ1) is 65.5. The summed E-state index contributed by atoms with van der Waals surface area (Å²) in [7, 11) is -3.60. The molecule has 28 heteroatoms. The van der Waals surface area contributed by atoms with Crippen LogP contribution >= 0.6 is 46.4 Å². The minimum Gasteiger partial charge on any atom is -0.378 e. The van der Waals surface area contributed by atoms with Gasteiger partial charge in [0.2, 0.25) is 32.0 Å². The van der Waals surface area contributed by atoms with Crippen molar-refractivity contribution in [2.24, 2.45) is 33.3 Å². The molecule has 4 atom stereocenters. The molecule has 1 aliphatic carbocycles. The zero-order valence-electron chi connectivity index (χ0n) is 45.7. The summed E-state index contributed by atoms with van der Waals surface area (Å²) in [6.07, 6.45) is 6.78. The number of urea groups is 2. The van der Waals surface area contributed by atoms with Crippen LogP contribution in [0.1, 0.15) is 59.4 Å². The van der Waals surface area contributed by atoms with Gasteiger partial charge in [0.15, 0.2) is 0 Å². The van der Waals surface area contributed by atoms with Crippen LogP contribution in [0.25, 0.3) is 0 Å². The standard InChI is InChI=1S/C53H74Cl4N12O10S2/c1-35-40(44-32-69(3)34-46-42(44)28-38(55)30-48(46)57)10-7-11-49(35)81(74,75)65-17-21-79-25-23-77-19-15-63-53(67-51(59)71)61-13-5-4-12-60-52(66-50(58)70)62-14-18-76-22-24-78-20-16-64-80(72,73)39-9-6-8-36(26-39)43-31-68(2)33-45-41(43)27-37(54)29-47(45)56/h6-11,26-30,35,40,43-44,64-65H,4-5,12-25,31-34H2,1-3H3,(H4,58,60,62,66,70)(H4,59,61,63,67,71)/t35?,40?,43-,44-/m0/s1. The number of hydrogen-bond donors (Lipinski definition) is 8. The van der Waals surface area contributed by atoms with Crippen LogP contribution in [0, 0.1) is 11.8 Å². The molecule has 2 aliphatic heterocycles. The van der Waals surface area contributed by atoms with Crippen molar-refractivity contribution in [3.63, 3.8) is 0 Å². The average molecular weight is 1250 g/mol. The minimum atomic E-state index is -3.83. The number of halogens is 4. The van der Waals surface area contributed by atoms with E-state index in [1.54, 1.807) is 42.5 Å². The number of guanidine groups is 2. The molecule has 0 aromatic heterocycles. The average Bonchev–Trinajstić information content (AvgIpc) is 3.31. The van der Waals surface area contributed by atoms with E-state index in [0.717, 1.165) is 34.4 Å². The van der Waals surface area contributed by atoms with E-state index in [2.05, 4.69) is 56.6 Å². The molecule has 2 unspecified atom stereocenters. The molecule has 81 heavy (non-hydrogen) atoms. The Morgan fingerprint density at radius 3 is 1.65 bits per heavy atom. The summed E-state index contributed by atoms with van der Waals surface area (Å²) in [6.45, 7) is 7.97. The van der Waals surface area contributed by atoms with Crippen LogP contribution in [0.5, 0.6) is 0 Å². The van der Waals surface area contributed by atoms with E-state index in [4.69, 9.17) is 76.8 Å². The van der Waals surface area contributed by atoms with E-state index >= 15 is 0 Å². The number of likely N-dealkylation sites (N-methyl/N-ethyl adjacent to an activating group) is 2. The summed E-state index contributed by atoms with van der Waals surface area (Å²) in [5.74, 6) is -0.144. The normalized spacial score (nSPS) is 18.9. The third-order valence-corrected chi connectivity index (χ3v) is 17.8. The summed E-state index contributed by atoms with van der Waals surface area (Å²) in [4.78, 5) is 35.5. The summed E-state index contributed by atoms with van der Waals surface area (Å²) < 4.78 is 81.1. The van der Waals surface area contributed by atoms with Crippen molar-refractivity contribution in [3.05, 3.63) is 120 Å². The molecule has 2 heterocycles. The maximum atomic E-state index is 13.5. The van der Waals surface area contributed by atoms with Gasteiger partial charge in [-0.05, 0) is 103 Å². The lowest BCUT2D eigenvalue weighted by Crippen LogP contribution is -2.41. The van der Waals surface area contributed by atoms with Gasteiger partial charge >= 0.3 is 12.1 Å². The number of rotatable bonds is 29. The summed E-state index contributed by atoms with van der Waals surface area (Å²) in [5.41, 5.74) is 15.5. The smallest absolute Gasteiger partial charge is 0.341 e. The van der Waals surface area contributed by atoms with E-state index in [1.807, 2.05) is 39.2 Å². The molecule has 446 valence electrons. The Kier molecular flexibility index (Phi) is 26.2. The molecule has 3 aromatic carbocycles. The Balaban J connectivity index is 0.773. The Morgan fingerprint density at radius 2 is 1.11 bits per heavy atom. The highest BCUT2D eigenvalue weighted by Crippen LogP contribution is 2.45. The first-order chi connectivity index (χ1) is 38.7. The van der Waals surface area contributed by atoms with Gasteiger partial charge in [-0.15, -0.1) is 0 Å². The number of carbonyl (C=O) groups is 2. The van der Waals surface area contributed by atoms with Crippen molar-refractivity contribution in [2.45, 2.75) is 49.6 Å². The van der Waals surface area contributed by atoms with Crippen LogP contribution in [-0.4, -0.2) is 170 Å². The van der Waals surface area contributed by atoms with Gasteiger partial charge < -0.3 is 61.5 Å².